The van der Waals surface area contributed by atoms with Crippen molar-refractivity contribution in [1.82, 2.24) is 56.8 Å². The van der Waals surface area contributed by atoms with E-state index in [2.05, 4.69) is 62.7 Å². The minimum absolute atomic E-state index is 0.00418. The molecule has 0 radical (unpaired) electrons. The molecule has 3 aromatic carbocycles. The molecule has 0 saturated carbocycles. The highest BCUT2D eigenvalue weighted by atomic mass is 32.2. The highest BCUT2D eigenvalue weighted by molar-refractivity contribution is 7.98. The lowest BCUT2D eigenvalue weighted by Gasteiger charge is -2.29. The van der Waals surface area contributed by atoms with Crippen LogP contribution in [0.25, 0.3) is 10.9 Å². The van der Waals surface area contributed by atoms with Gasteiger partial charge in [-0.15, -0.1) is 12.3 Å². The summed E-state index contributed by atoms with van der Waals surface area (Å²) in [5.41, 5.74) is 16.4. The van der Waals surface area contributed by atoms with Crippen molar-refractivity contribution in [2.24, 2.45) is 47.0 Å². The van der Waals surface area contributed by atoms with E-state index in [0.29, 0.717) is 41.3 Å². The summed E-state index contributed by atoms with van der Waals surface area (Å²) in [4.78, 5) is 188. The summed E-state index contributed by atoms with van der Waals surface area (Å²) in [5, 5.41) is 17.8. The number of aromatic amines is 3. The maximum Gasteiger partial charge on any atom is 0.244 e. The van der Waals surface area contributed by atoms with Crippen LogP contribution in [0.5, 0.6) is 0 Å². The van der Waals surface area contributed by atoms with Gasteiger partial charge < -0.3 is 58.3 Å². The van der Waals surface area contributed by atoms with Crippen LogP contribution in [-0.2, 0) is 94.7 Å². The number of nitrogens with zero attached hydrogens (tertiary/aromatic N) is 2. The molecule has 1 aliphatic heterocycles. The summed E-state index contributed by atoms with van der Waals surface area (Å²) in [6.07, 6.45) is 11.8. The fourth-order valence-electron chi connectivity index (χ4n) is 12.4. The number of imidazole rings is 2. The number of thioether (sulfide) groups is 2. The quantitative estimate of drug-likeness (QED) is 0.0237. The first kappa shape index (κ1) is 78.7. The zero-order chi connectivity index (χ0) is 73.1. The molecule has 0 fully saturated rings. The predicted molar refractivity (Wildman–Crippen MR) is 385 cm³/mol. The van der Waals surface area contributed by atoms with Crippen LogP contribution in [0.15, 0.2) is 110 Å². The Bertz CT molecular complexity index is 3870. The summed E-state index contributed by atoms with van der Waals surface area (Å²) >= 11 is 2.66. The van der Waals surface area contributed by atoms with Crippen LogP contribution in [0.2, 0.25) is 0 Å². The summed E-state index contributed by atoms with van der Waals surface area (Å²) in [5.74, 6) is -9.74. The lowest BCUT2D eigenvalue weighted by molar-refractivity contribution is -0.136. The maximum absolute atomic E-state index is 15.2. The Labute approximate surface area is 596 Å². The van der Waals surface area contributed by atoms with E-state index in [4.69, 9.17) is 17.9 Å². The summed E-state index contributed by atoms with van der Waals surface area (Å²) < 4.78 is 0. The van der Waals surface area contributed by atoms with Crippen molar-refractivity contribution in [2.75, 3.05) is 11.5 Å². The number of Topliss-reactive ketones (excluding diaryl/α,β-unsaturated/α-hetero) is 4. The highest BCUT2D eigenvalue weighted by Crippen LogP contribution is 2.29. The second kappa shape index (κ2) is 39.4. The number of H-pyrrole nitrogens is 3. The van der Waals surface area contributed by atoms with Crippen LogP contribution in [0, 0.1) is 47.9 Å². The van der Waals surface area contributed by atoms with Crippen molar-refractivity contribution in [1.29, 1.82) is 0 Å². The third-order valence-corrected chi connectivity index (χ3v) is 20.5. The van der Waals surface area contributed by atoms with Gasteiger partial charge >= 0.3 is 0 Å². The molecule has 1 aliphatic rings. The largest absolute Gasteiger partial charge is 0.370 e. The number of fused-ring (bicyclic) bond motifs is 2. The molecule has 25 nitrogen and oxygen atoms in total. The molecule has 101 heavy (non-hydrogen) atoms. The first-order valence-electron chi connectivity index (χ1n) is 34.1. The molecule has 0 saturated heterocycles. The molecule has 0 bridgehead atoms. The zero-order valence-corrected chi connectivity index (χ0v) is 59.3. The van der Waals surface area contributed by atoms with E-state index in [1.54, 1.807) is 50.4 Å². The molecular formula is C74H93N13O12S2. The Morgan fingerprint density at radius 3 is 1.90 bits per heavy atom. The van der Waals surface area contributed by atoms with E-state index in [1.807, 2.05) is 62.4 Å². The SMILES string of the molecule is C#CCCC(=O)N[C@H](C(=O)C[C@@H]1CSCc2ccccc2CSC[C@H](C(=O)N[C@@H](Cc2ccccc2)C(=O)N[C@@H](Cc2cnc[nH]2)C(=O)C[C@H](C(=O)N[C@@H](Cc2c[nH]c3ccccc23)C(=O)C[C@@H](Cc2cnc[nH]2)C(N)=O)C(CC)CC)NC(=O)[C@H](C)CC(=O)[C@H](CC(N)=O)NC1=O)C(C)C. The lowest BCUT2D eigenvalue weighted by atomic mass is 9.81. The number of amides is 8. The van der Waals surface area contributed by atoms with Gasteiger partial charge in [0.2, 0.25) is 47.3 Å². The second-order valence-corrected chi connectivity index (χ2v) is 28.2. The number of benzene rings is 3. The Hall–Kier alpha value is -9.68. The number of rotatable bonds is 33. The fourth-order valence-corrected chi connectivity index (χ4v) is 14.6. The smallest absolute Gasteiger partial charge is 0.244 e. The van der Waals surface area contributed by atoms with Crippen molar-refractivity contribution >= 4 is 105 Å². The first-order valence-corrected chi connectivity index (χ1v) is 36.4. The van der Waals surface area contributed by atoms with E-state index < -0.39 is 155 Å². The number of primary amides is 2. The van der Waals surface area contributed by atoms with Crippen LogP contribution in [0.1, 0.15) is 126 Å². The lowest BCUT2D eigenvalue weighted by Crippen LogP contribution is -2.58. The molecule has 10 atom stereocenters. The molecule has 0 unspecified atom stereocenters. The monoisotopic (exact) mass is 1420 g/mol. The van der Waals surface area contributed by atoms with E-state index in [1.165, 1.54) is 55.5 Å². The topological polar surface area (TPSA) is 402 Å². The van der Waals surface area contributed by atoms with Crippen molar-refractivity contribution in [3.63, 3.8) is 0 Å². The van der Waals surface area contributed by atoms with E-state index >= 15 is 19.2 Å². The summed E-state index contributed by atoms with van der Waals surface area (Å²) in [6, 6.07) is 16.1. The Kier molecular flexibility index (Phi) is 30.6. The van der Waals surface area contributed by atoms with Crippen LogP contribution in [0.4, 0.5) is 0 Å². The van der Waals surface area contributed by atoms with Gasteiger partial charge in [-0.05, 0) is 40.2 Å². The minimum Gasteiger partial charge on any atom is -0.370 e. The average Bonchev–Trinajstić information content (AvgIpc) is 1.75. The van der Waals surface area contributed by atoms with Crippen molar-refractivity contribution in [2.45, 2.75) is 166 Å². The highest BCUT2D eigenvalue weighted by Gasteiger charge is 2.39. The minimum atomic E-state index is -1.52. The van der Waals surface area contributed by atoms with Crippen LogP contribution in [-0.4, -0.2) is 143 Å². The molecule has 7 rings (SSSR count). The third kappa shape index (κ3) is 24.0. The van der Waals surface area contributed by atoms with Crippen molar-refractivity contribution in [3.05, 3.63) is 144 Å². The number of carbonyl (C=O) groups excluding carboxylic acids is 12. The summed E-state index contributed by atoms with van der Waals surface area (Å²) in [7, 11) is 0. The normalized spacial score (nSPS) is 18.1. The number of nitrogens with two attached hydrogens (primary N) is 2. The van der Waals surface area contributed by atoms with Gasteiger partial charge in [0, 0.05) is 140 Å². The Morgan fingerprint density at radius 2 is 1.28 bits per heavy atom. The number of carbonyl (C=O) groups is 12. The molecule has 0 aliphatic carbocycles. The van der Waals surface area contributed by atoms with Gasteiger partial charge in [-0.2, -0.15) is 23.5 Å². The first-order chi connectivity index (χ1) is 48.4. The standard InChI is InChI=1S/C74H93N13O12S2/c1-7-10-24-67(93)87-68(43(4)5)65(91)30-51-39-100-37-47-20-14-15-21-48(47)38-101-40-61(86-70(95)44(6)25-62(88)59(33-66(75)92)82-71(51)96)74(99)85-60(26-45-18-12-11-13-19-45)73(98)84-58(31-53-36-78-42-81-53)64(90)32-55(46(8-2)9-3)72(97)83-57(28-50-34-79-56-23-17-16-22-54(50)56)63(89)29-49(69(76)94)27-52-35-77-41-80-52/h1,11-23,34-36,41-44,46,49,51,55,57-61,68,79H,8-10,24-33,37-40H2,2-6H3,(H2,75,92)(H2,76,94)(H,77,80)(H,78,81)(H,82,96)(H,83,97)(H,84,98)(H,85,99)(H,86,95)(H,87,93)/t44-,49-,51-,55+,57+,58+,59+,60+,61-,68+/m1/s1. The predicted octanol–water partition coefficient (Wildman–Crippen LogP) is 5.16. The number of hydrogen-bond acceptors (Lipinski definition) is 16. The molecule has 538 valence electrons. The molecule has 6 aromatic rings. The van der Waals surface area contributed by atoms with Gasteiger partial charge in [-0.25, -0.2) is 9.97 Å². The number of para-hydroxylation sites is 1. The number of aromatic nitrogens is 5. The maximum atomic E-state index is 15.2. The van der Waals surface area contributed by atoms with Gasteiger partial charge in [0.25, 0.3) is 0 Å². The Balaban J connectivity index is 1.15. The number of nitrogens with one attached hydrogen (secondary N) is 9. The van der Waals surface area contributed by atoms with E-state index in [0.717, 1.165) is 27.6 Å². The average molecular weight is 1420 g/mol. The van der Waals surface area contributed by atoms with Crippen molar-refractivity contribution in [3.8, 4) is 12.3 Å². The van der Waals surface area contributed by atoms with Gasteiger partial charge in [0.05, 0.1) is 55.1 Å². The molecular weight excluding hydrogens is 1330 g/mol. The number of terminal acetylenes is 1. The van der Waals surface area contributed by atoms with Crippen LogP contribution in [0.3, 0.4) is 0 Å². The van der Waals surface area contributed by atoms with Crippen LogP contribution >= 0.6 is 23.5 Å². The van der Waals surface area contributed by atoms with Gasteiger partial charge in [-0.3, -0.25) is 57.5 Å². The molecule has 0 spiro atoms. The third-order valence-electron chi connectivity index (χ3n) is 18.2. The van der Waals surface area contributed by atoms with Gasteiger partial charge in [0.1, 0.15) is 12.1 Å². The molecule has 8 amide bonds. The number of hydrogen-bond donors (Lipinski definition) is 11. The second-order valence-electron chi connectivity index (χ2n) is 26.1. The van der Waals surface area contributed by atoms with Crippen LogP contribution < -0.4 is 43.4 Å². The number of ketones is 4. The van der Waals surface area contributed by atoms with E-state index in [9.17, 15) is 38.4 Å². The fraction of sp³-hybridized carbons (Fsp3) is 0.459. The molecule has 3 aromatic heterocycles. The molecule has 27 heteroatoms. The molecule has 4 heterocycles. The van der Waals surface area contributed by atoms with Crippen molar-refractivity contribution < 1.29 is 57.5 Å². The molecule has 13 N–H and O–H groups in total. The summed E-state index contributed by atoms with van der Waals surface area (Å²) in [6.45, 7) is 8.73. The zero-order valence-electron chi connectivity index (χ0n) is 57.7. The Morgan fingerprint density at radius 1 is 0.663 bits per heavy atom. The van der Waals surface area contributed by atoms with Gasteiger partial charge in [0.15, 0.2) is 23.1 Å². The van der Waals surface area contributed by atoms with E-state index in [-0.39, 0.29) is 68.8 Å². The van der Waals surface area contributed by atoms with Gasteiger partial charge in [-0.1, -0.05) is 120 Å².